The second-order valence-electron chi connectivity index (χ2n) is 7.27. The average Bonchev–Trinajstić information content (AvgIpc) is 2.98. The number of benzene rings is 1. The van der Waals surface area contributed by atoms with Crippen LogP contribution in [0.15, 0.2) is 18.2 Å². The molecule has 3 aliphatic rings. The highest BCUT2D eigenvalue weighted by atomic mass is 32.2. The predicted octanol–water partition coefficient (Wildman–Crippen LogP) is 0.833. The first kappa shape index (κ1) is 18.2. The molecule has 3 saturated heterocycles. The lowest BCUT2D eigenvalue weighted by Crippen LogP contribution is -2.46. The Bertz CT molecular complexity index is 861. The number of ether oxygens (including phenoxy) is 1. The quantitative estimate of drug-likeness (QED) is 0.551. The zero-order valence-electron chi connectivity index (χ0n) is 14.7. The van der Waals surface area contributed by atoms with Crippen molar-refractivity contribution in [3.05, 3.63) is 33.9 Å². The number of nitrogens with zero attached hydrogens (tertiary/aromatic N) is 3. The van der Waals surface area contributed by atoms with Gasteiger partial charge in [0, 0.05) is 38.3 Å². The fourth-order valence-electron chi connectivity index (χ4n) is 3.97. The van der Waals surface area contributed by atoms with Gasteiger partial charge in [-0.1, -0.05) is 0 Å². The van der Waals surface area contributed by atoms with Crippen molar-refractivity contribution >= 4 is 27.1 Å². The first-order valence-corrected chi connectivity index (χ1v) is 10.8. The molecular formula is C17H21N3O6S. The number of rotatable bonds is 3. The molecule has 2 bridgehead atoms. The van der Waals surface area contributed by atoms with Gasteiger partial charge in [0.15, 0.2) is 9.84 Å². The molecule has 1 aromatic carbocycles. The Kier molecular flexibility index (Phi) is 4.55. The number of hydrogen-bond donors (Lipinski definition) is 0. The number of nitro benzene ring substituents is 1. The van der Waals surface area contributed by atoms with Crippen molar-refractivity contribution in [3.8, 4) is 0 Å². The van der Waals surface area contributed by atoms with Crippen molar-refractivity contribution in [2.24, 2.45) is 0 Å². The molecule has 27 heavy (non-hydrogen) atoms. The summed E-state index contributed by atoms with van der Waals surface area (Å²) in [6, 6.07) is 4.25. The Morgan fingerprint density at radius 1 is 1.15 bits per heavy atom. The van der Waals surface area contributed by atoms with Crippen molar-refractivity contribution < 1.29 is 22.9 Å². The van der Waals surface area contributed by atoms with Gasteiger partial charge in [-0.05, 0) is 18.9 Å². The molecular weight excluding hydrogens is 374 g/mol. The lowest BCUT2D eigenvalue weighted by atomic mass is 10.1. The molecule has 0 radical (unpaired) electrons. The molecule has 1 aromatic rings. The number of carbonyl (C=O) groups is 1. The van der Waals surface area contributed by atoms with E-state index in [4.69, 9.17) is 4.74 Å². The van der Waals surface area contributed by atoms with Crippen molar-refractivity contribution in [2.45, 2.75) is 25.0 Å². The summed E-state index contributed by atoms with van der Waals surface area (Å²) in [5.41, 5.74) is 0.839. The SMILES string of the molecule is O=C(c1ccc([N+](=O)[O-])cc1N1CC2CCC(C1)O2)N1CCS(=O)(=O)CC1. The van der Waals surface area contributed by atoms with Gasteiger partial charge in [-0.15, -0.1) is 0 Å². The van der Waals surface area contributed by atoms with Gasteiger partial charge in [-0.2, -0.15) is 0 Å². The summed E-state index contributed by atoms with van der Waals surface area (Å²) in [6.45, 7) is 1.47. The van der Waals surface area contributed by atoms with Crippen LogP contribution in [-0.4, -0.2) is 74.0 Å². The maximum Gasteiger partial charge on any atom is 0.271 e. The summed E-state index contributed by atoms with van der Waals surface area (Å²) < 4.78 is 29.1. The van der Waals surface area contributed by atoms with E-state index in [9.17, 15) is 23.3 Å². The Labute approximate surface area is 157 Å². The summed E-state index contributed by atoms with van der Waals surface area (Å²) in [6.07, 6.45) is 2.05. The lowest BCUT2D eigenvalue weighted by molar-refractivity contribution is -0.384. The Balaban J connectivity index is 1.65. The van der Waals surface area contributed by atoms with Crippen LogP contribution in [0.3, 0.4) is 0 Å². The second-order valence-corrected chi connectivity index (χ2v) is 9.57. The van der Waals surface area contributed by atoms with E-state index in [0.717, 1.165) is 12.8 Å². The predicted molar refractivity (Wildman–Crippen MR) is 97.8 cm³/mol. The van der Waals surface area contributed by atoms with Crippen LogP contribution >= 0.6 is 0 Å². The maximum absolute atomic E-state index is 13.0. The summed E-state index contributed by atoms with van der Waals surface area (Å²) in [5, 5.41) is 11.2. The highest BCUT2D eigenvalue weighted by Crippen LogP contribution is 2.34. The van der Waals surface area contributed by atoms with E-state index in [-0.39, 0.29) is 48.4 Å². The first-order valence-electron chi connectivity index (χ1n) is 9.01. The van der Waals surface area contributed by atoms with E-state index < -0.39 is 14.8 Å². The van der Waals surface area contributed by atoms with Gasteiger partial charge >= 0.3 is 0 Å². The number of morpholine rings is 1. The topological polar surface area (TPSA) is 110 Å². The third-order valence-electron chi connectivity index (χ3n) is 5.44. The molecule has 2 unspecified atom stereocenters. The van der Waals surface area contributed by atoms with Crippen LogP contribution in [0, 0.1) is 10.1 Å². The van der Waals surface area contributed by atoms with Crippen LogP contribution in [0.5, 0.6) is 0 Å². The van der Waals surface area contributed by atoms with E-state index >= 15 is 0 Å². The van der Waals surface area contributed by atoms with Crippen LogP contribution in [0.4, 0.5) is 11.4 Å². The number of carbonyl (C=O) groups excluding carboxylic acids is 1. The highest BCUT2D eigenvalue weighted by molar-refractivity contribution is 7.91. The van der Waals surface area contributed by atoms with E-state index in [2.05, 4.69) is 0 Å². The van der Waals surface area contributed by atoms with Crippen LogP contribution < -0.4 is 4.90 Å². The molecule has 10 heteroatoms. The van der Waals surface area contributed by atoms with Gasteiger partial charge < -0.3 is 14.5 Å². The molecule has 3 heterocycles. The number of hydrogen-bond acceptors (Lipinski definition) is 7. The molecule has 3 aliphatic heterocycles. The van der Waals surface area contributed by atoms with E-state index in [1.165, 1.54) is 23.1 Å². The van der Waals surface area contributed by atoms with Gasteiger partial charge in [0.2, 0.25) is 0 Å². The summed E-state index contributed by atoms with van der Waals surface area (Å²) in [7, 11) is -3.10. The lowest BCUT2D eigenvalue weighted by Gasteiger charge is -2.35. The largest absolute Gasteiger partial charge is 0.371 e. The Hall–Kier alpha value is -2.20. The van der Waals surface area contributed by atoms with Gasteiger partial charge in [-0.3, -0.25) is 14.9 Å². The molecule has 2 atom stereocenters. The van der Waals surface area contributed by atoms with Crippen LogP contribution in [0.1, 0.15) is 23.2 Å². The Morgan fingerprint density at radius 3 is 2.37 bits per heavy atom. The van der Waals surface area contributed by atoms with E-state index in [0.29, 0.717) is 24.3 Å². The number of sulfone groups is 1. The van der Waals surface area contributed by atoms with Crippen molar-refractivity contribution in [2.75, 3.05) is 42.6 Å². The Morgan fingerprint density at radius 2 is 1.78 bits per heavy atom. The van der Waals surface area contributed by atoms with E-state index in [1.54, 1.807) is 0 Å². The standard InChI is InChI=1S/C17H21N3O6S/c21-17(18-5-7-27(24,25)8-6-18)15-4-1-12(20(22)23)9-16(15)19-10-13-2-3-14(11-19)26-13/h1,4,9,13-14H,2-3,5-8,10-11H2. The summed E-state index contributed by atoms with van der Waals surface area (Å²) >= 11 is 0. The molecule has 0 aromatic heterocycles. The second kappa shape index (κ2) is 6.75. The molecule has 146 valence electrons. The fraction of sp³-hybridized carbons (Fsp3) is 0.588. The van der Waals surface area contributed by atoms with Crippen molar-refractivity contribution in [3.63, 3.8) is 0 Å². The average molecular weight is 395 g/mol. The minimum Gasteiger partial charge on any atom is -0.371 e. The van der Waals surface area contributed by atoms with Crippen molar-refractivity contribution in [1.82, 2.24) is 4.90 Å². The number of amides is 1. The maximum atomic E-state index is 13.0. The molecule has 9 nitrogen and oxygen atoms in total. The molecule has 0 saturated carbocycles. The molecule has 0 aliphatic carbocycles. The first-order chi connectivity index (χ1) is 12.8. The minimum absolute atomic E-state index is 0.0528. The monoisotopic (exact) mass is 395 g/mol. The van der Waals surface area contributed by atoms with Gasteiger partial charge in [0.1, 0.15) is 0 Å². The smallest absolute Gasteiger partial charge is 0.271 e. The van der Waals surface area contributed by atoms with Gasteiger partial charge in [0.25, 0.3) is 11.6 Å². The summed E-state index contributed by atoms with van der Waals surface area (Å²) in [4.78, 5) is 27.3. The highest BCUT2D eigenvalue weighted by Gasteiger charge is 2.36. The van der Waals surface area contributed by atoms with Crippen LogP contribution in [0.2, 0.25) is 0 Å². The summed E-state index contributed by atoms with van der Waals surface area (Å²) in [5.74, 6) is -0.389. The minimum atomic E-state index is -3.10. The van der Waals surface area contributed by atoms with Gasteiger partial charge in [-0.25, -0.2) is 8.42 Å². The number of anilines is 1. The van der Waals surface area contributed by atoms with Crippen LogP contribution in [0.25, 0.3) is 0 Å². The third kappa shape index (κ3) is 3.63. The van der Waals surface area contributed by atoms with E-state index in [1.807, 2.05) is 4.90 Å². The normalized spacial score (nSPS) is 26.8. The zero-order valence-corrected chi connectivity index (χ0v) is 15.6. The van der Waals surface area contributed by atoms with Crippen molar-refractivity contribution in [1.29, 1.82) is 0 Å². The number of fused-ring (bicyclic) bond motifs is 2. The molecule has 0 spiro atoms. The van der Waals surface area contributed by atoms with Crippen LogP contribution in [-0.2, 0) is 14.6 Å². The molecule has 4 rings (SSSR count). The number of non-ortho nitro benzene ring substituents is 1. The third-order valence-corrected chi connectivity index (χ3v) is 7.05. The molecule has 1 amide bonds. The zero-order chi connectivity index (χ0) is 19.2. The number of nitro groups is 1. The molecule has 0 N–H and O–H groups in total. The fourth-order valence-corrected chi connectivity index (χ4v) is 5.17. The van der Waals surface area contributed by atoms with Gasteiger partial charge in [0.05, 0.1) is 39.9 Å². The molecule has 3 fully saturated rings.